The van der Waals surface area contributed by atoms with Gasteiger partial charge < -0.3 is 0 Å². The van der Waals surface area contributed by atoms with Gasteiger partial charge in [-0.15, -0.1) is 0 Å². The number of nitrogens with zero attached hydrogens (tertiary/aromatic N) is 1. The van der Waals surface area contributed by atoms with Gasteiger partial charge in [-0.3, -0.25) is 14.9 Å². The van der Waals surface area contributed by atoms with E-state index in [1.165, 1.54) is 5.56 Å². The second-order valence-corrected chi connectivity index (χ2v) is 5.81. The van der Waals surface area contributed by atoms with Crippen molar-refractivity contribution in [3.05, 3.63) is 46.0 Å². The maximum Gasteiger partial charge on any atom is 0.270 e. The van der Waals surface area contributed by atoms with Crippen LogP contribution in [0.25, 0.3) is 0 Å². The van der Waals surface area contributed by atoms with Gasteiger partial charge in [-0.1, -0.05) is 56.5 Å². The molecule has 0 radical (unpaired) electrons. The molecule has 1 aromatic carbocycles. The molecule has 22 heavy (non-hydrogen) atoms. The molecule has 1 aromatic rings. The van der Waals surface area contributed by atoms with Gasteiger partial charge in [0.25, 0.3) is 6.04 Å². The van der Waals surface area contributed by atoms with Crippen LogP contribution in [0.15, 0.2) is 30.3 Å². The molecular formula is C18H27NO3. The fourth-order valence-electron chi connectivity index (χ4n) is 2.57. The van der Waals surface area contributed by atoms with E-state index in [0.717, 1.165) is 44.9 Å². The van der Waals surface area contributed by atoms with Crippen LogP contribution >= 0.6 is 0 Å². The highest BCUT2D eigenvalue weighted by Crippen LogP contribution is 2.12. The average Bonchev–Trinajstić information content (AvgIpc) is 2.51. The van der Waals surface area contributed by atoms with Gasteiger partial charge in [0.15, 0.2) is 0 Å². The Morgan fingerprint density at radius 1 is 1.09 bits per heavy atom. The number of nitro groups is 1. The van der Waals surface area contributed by atoms with E-state index in [1.807, 2.05) is 25.1 Å². The lowest BCUT2D eigenvalue weighted by molar-refractivity contribution is -0.508. The third kappa shape index (κ3) is 7.34. The summed E-state index contributed by atoms with van der Waals surface area (Å²) in [5, 5.41) is 10.9. The lowest BCUT2D eigenvalue weighted by atomic mass is 10.00. The summed E-state index contributed by atoms with van der Waals surface area (Å²) < 4.78 is 0. The molecule has 0 saturated carbocycles. The van der Waals surface area contributed by atoms with Crippen LogP contribution in [0, 0.1) is 10.1 Å². The van der Waals surface area contributed by atoms with Gasteiger partial charge in [0.05, 0.1) is 0 Å². The first-order valence-electron chi connectivity index (χ1n) is 8.35. The normalized spacial score (nSPS) is 12.0. The molecule has 0 bridgehead atoms. The molecule has 0 aromatic heterocycles. The monoisotopic (exact) mass is 305 g/mol. The van der Waals surface area contributed by atoms with Gasteiger partial charge in [-0.2, -0.15) is 0 Å². The number of rotatable bonds is 12. The van der Waals surface area contributed by atoms with Gasteiger partial charge in [-0.05, 0) is 31.2 Å². The van der Waals surface area contributed by atoms with Crippen molar-refractivity contribution >= 4 is 5.78 Å². The molecule has 1 atom stereocenters. The molecule has 0 amide bonds. The van der Waals surface area contributed by atoms with E-state index in [0.29, 0.717) is 12.8 Å². The molecular weight excluding hydrogens is 278 g/mol. The van der Waals surface area contributed by atoms with Gasteiger partial charge in [0, 0.05) is 17.8 Å². The maximum atomic E-state index is 11.9. The Kier molecular flexibility index (Phi) is 9.12. The quantitative estimate of drug-likeness (QED) is 0.322. The molecule has 0 N–H and O–H groups in total. The fraction of sp³-hybridized carbons (Fsp3) is 0.611. The van der Waals surface area contributed by atoms with Crippen LogP contribution in [-0.4, -0.2) is 16.7 Å². The first kappa shape index (κ1) is 18.3. The Morgan fingerprint density at radius 2 is 1.77 bits per heavy atom. The van der Waals surface area contributed by atoms with Gasteiger partial charge in [0.2, 0.25) is 5.78 Å². The minimum atomic E-state index is -0.982. The molecule has 4 nitrogen and oxygen atoms in total. The maximum absolute atomic E-state index is 11.9. The Bertz CT molecular complexity index is 445. The van der Waals surface area contributed by atoms with Crippen LogP contribution in [0.3, 0.4) is 0 Å². The van der Waals surface area contributed by atoms with Crippen LogP contribution in [0.4, 0.5) is 0 Å². The summed E-state index contributed by atoms with van der Waals surface area (Å²) in [7, 11) is 0. The minimum absolute atomic E-state index is 0.193. The molecule has 0 saturated heterocycles. The number of benzene rings is 1. The number of aryl methyl sites for hydroxylation is 1. The summed E-state index contributed by atoms with van der Waals surface area (Å²) in [5.41, 5.74) is 1.34. The number of carbonyl (C=O) groups excluding carboxylic acids is 1. The summed E-state index contributed by atoms with van der Waals surface area (Å²) in [6.07, 6.45) is 7.33. The van der Waals surface area contributed by atoms with E-state index in [1.54, 1.807) is 0 Å². The SMILES string of the molecule is CCCCC(C(=O)CCCCCCc1ccccc1)[N+](=O)[O-]. The number of carbonyl (C=O) groups is 1. The second kappa shape index (κ2) is 10.9. The average molecular weight is 305 g/mol. The number of hydrogen-bond acceptors (Lipinski definition) is 3. The zero-order valence-corrected chi connectivity index (χ0v) is 13.5. The molecule has 0 heterocycles. The Morgan fingerprint density at radius 3 is 2.41 bits per heavy atom. The van der Waals surface area contributed by atoms with Gasteiger partial charge in [0.1, 0.15) is 0 Å². The number of hydrogen-bond donors (Lipinski definition) is 0. The molecule has 0 fully saturated rings. The van der Waals surface area contributed by atoms with Crippen molar-refractivity contribution in [2.24, 2.45) is 0 Å². The summed E-state index contributed by atoms with van der Waals surface area (Å²) >= 11 is 0. The third-order valence-corrected chi connectivity index (χ3v) is 3.94. The molecule has 0 aliphatic heterocycles. The highest BCUT2D eigenvalue weighted by molar-refractivity contribution is 5.82. The minimum Gasteiger partial charge on any atom is -0.292 e. The van der Waals surface area contributed by atoms with Crippen molar-refractivity contribution in [1.82, 2.24) is 0 Å². The predicted octanol–water partition coefficient (Wildman–Crippen LogP) is 4.58. The van der Waals surface area contributed by atoms with E-state index in [9.17, 15) is 14.9 Å². The Balaban J connectivity index is 2.14. The summed E-state index contributed by atoms with van der Waals surface area (Å²) in [5.74, 6) is -0.193. The number of unbranched alkanes of at least 4 members (excludes halogenated alkanes) is 4. The topological polar surface area (TPSA) is 60.2 Å². The van der Waals surface area contributed by atoms with Crippen LogP contribution in [-0.2, 0) is 11.2 Å². The van der Waals surface area contributed by atoms with Crippen LogP contribution < -0.4 is 0 Å². The van der Waals surface area contributed by atoms with Crippen molar-refractivity contribution < 1.29 is 9.72 Å². The highest BCUT2D eigenvalue weighted by Gasteiger charge is 2.27. The van der Waals surface area contributed by atoms with Gasteiger partial charge in [-0.25, -0.2) is 0 Å². The van der Waals surface area contributed by atoms with E-state index in [4.69, 9.17) is 0 Å². The van der Waals surface area contributed by atoms with Crippen LogP contribution in [0.1, 0.15) is 63.9 Å². The van der Waals surface area contributed by atoms with Crippen LogP contribution in [0.5, 0.6) is 0 Å². The largest absolute Gasteiger partial charge is 0.292 e. The number of Topliss-reactive ketones (excluding diaryl/α,β-unsaturated/α-hetero) is 1. The summed E-state index contributed by atoms with van der Waals surface area (Å²) in [4.78, 5) is 22.4. The third-order valence-electron chi connectivity index (χ3n) is 3.94. The standard InChI is InChI=1S/C18H27NO3/c1-2-3-14-17(19(21)22)18(20)15-10-5-4-7-11-16-12-8-6-9-13-16/h6,8-9,12-13,17H,2-5,7,10-11,14-15H2,1H3. The van der Waals surface area contributed by atoms with E-state index < -0.39 is 11.0 Å². The zero-order valence-electron chi connectivity index (χ0n) is 13.5. The summed E-state index contributed by atoms with van der Waals surface area (Å²) in [6.45, 7) is 1.98. The van der Waals surface area contributed by atoms with Crippen molar-refractivity contribution in [3.63, 3.8) is 0 Å². The smallest absolute Gasteiger partial charge is 0.270 e. The first-order chi connectivity index (χ1) is 10.6. The summed E-state index contributed by atoms with van der Waals surface area (Å²) in [6, 6.07) is 9.37. The highest BCUT2D eigenvalue weighted by atomic mass is 16.6. The van der Waals surface area contributed by atoms with E-state index in [2.05, 4.69) is 12.1 Å². The predicted molar refractivity (Wildman–Crippen MR) is 88.5 cm³/mol. The molecule has 122 valence electrons. The molecule has 0 aliphatic carbocycles. The van der Waals surface area contributed by atoms with Crippen molar-refractivity contribution in [3.8, 4) is 0 Å². The second-order valence-electron chi connectivity index (χ2n) is 5.81. The lowest BCUT2D eigenvalue weighted by Gasteiger charge is -2.08. The first-order valence-corrected chi connectivity index (χ1v) is 8.35. The van der Waals surface area contributed by atoms with Crippen LogP contribution in [0.2, 0.25) is 0 Å². The van der Waals surface area contributed by atoms with Crippen molar-refractivity contribution in [1.29, 1.82) is 0 Å². The lowest BCUT2D eigenvalue weighted by Crippen LogP contribution is -2.29. The van der Waals surface area contributed by atoms with E-state index >= 15 is 0 Å². The molecule has 4 heteroatoms. The molecule has 0 spiro atoms. The van der Waals surface area contributed by atoms with E-state index in [-0.39, 0.29) is 5.78 Å². The van der Waals surface area contributed by atoms with Crippen molar-refractivity contribution in [2.75, 3.05) is 0 Å². The zero-order chi connectivity index (χ0) is 16.2. The molecule has 1 rings (SSSR count). The molecule has 0 aliphatic rings. The fourth-order valence-corrected chi connectivity index (χ4v) is 2.57. The molecule has 1 unspecified atom stereocenters. The van der Waals surface area contributed by atoms with Crippen molar-refractivity contribution in [2.45, 2.75) is 70.8 Å². The Labute approximate surface area is 133 Å². The van der Waals surface area contributed by atoms with Gasteiger partial charge >= 0.3 is 0 Å². The Hall–Kier alpha value is -1.71. The number of ketones is 1.